The Balaban J connectivity index is 0.779. The number of hydrogen-bond donors (Lipinski definition) is 5. The SMILES string of the molecule is COc1cc(C=CC(=O)CC(=O)C=Cc2ccc(O)c(CO)c2)ccc1OCc1cn(CCOCCOCCOCCOCCOCCOCCNC(=O)CCCC(=O)Oc2ccc(C=CC(=O)CC(=O)C=Cc3ccc(O)c(CO)c3)cc2OC)nn1. The summed E-state index contributed by atoms with van der Waals surface area (Å²) in [4.78, 5) is 74.3. The zero-order valence-electron chi connectivity index (χ0n) is 49.3. The molecule has 0 aliphatic heterocycles. The number of aromatic hydroxyl groups is 2. The van der Waals surface area contributed by atoms with Crippen LogP contribution in [-0.2, 0) is 83.6 Å². The van der Waals surface area contributed by atoms with Gasteiger partial charge in [-0.25, -0.2) is 4.68 Å². The zero-order valence-corrected chi connectivity index (χ0v) is 49.3. The second-order valence-electron chi connectivity index (χ2n) is 19.1. The number of ether oxygens (including phenoxy) is 10. The maximum atomic E-state index is 12.5. The molecule has 0 bridgehead atoms. The lowest BCUT2D eigenvalue weighted by atomic mass is 10.1. The number of aliphatic hydroxyl groups is 2. The summed E-state index contributed by atoms with van der Waals surface area (Å²) in [6.07, 6.45) is 12.6. The largest absolute Gasteiger partial charge is 0.508 e. The van der Waals surface area contributed by atoms with E-state index < -0.39 is 23.3 Å². The Bertz CT molecular complexity index is 3150. The summed E-state index contributed by atoms with van der Waals surface area (Å²) in [6.45, 7) is 4.73. The number of phenols is 2. The lowest BCUT2D eigenvalue weighted by Gasteiger charge is -2.10. The molecule has 0 aliphatic carbocycles. The number of nitrogens with zero attached hydrogens (tertiary/aromatic N) is 3. The van der Waals surface area contributed by atoms with Crippen LogP contribution in [0, 0.1) is 0 Å². The van der Waals surface area contributed by atoms with E-state index in [1.165, 1.54) is 81.0 Å². The molecule has 0 saturated heterocycles. The Morgan fingerprint density at radius 2 is 0.932 bits per heavy atom. The third-order valence-electron chi connectivity index (χ3n) is 12.3. The topological polar surface area (TPSA) is 318 Å². The minimum Gasteiger partial charge on any atom is -0.508 e. The zero-order chi connectivity index (χ0) is 63.1. The number of rotatable bonds is 45. The molecule has 472 valence electrons. The van der Waals surface area contributed by atoms with Gasteiger partial charge >= 0.3 is 5.97 Å². The smallest absolute Gasteiger partial charge is 0.311 e. The molecule has 24 heteroatoms. The normalized spacial score (nSPS) is 11.5. The molecule has 0 radical (unpaired) electrons. The van der Waals surface area contributed by atoms with Crippen molar-refractivity contribution in [2.45, 2.75) is 58.5 Å². The molecule has 88 heavy (non-hydrogen) atoms. The molecule has 1 amide bonds. The van der Waals surface area contributed by atoms with E-state index in [9.17, 15) is 49.2 Å². The van der Waals surface area contributed by atoms with Crippen molar-refractivity contribution in [3.05, 3.63) is 142 Å². The number of nitrogens with one attached hydrogen (secondary N) is 1. The predicted octanol–water partition coefficient (Wildman–Crippen LogP) is 5.77. The van der Waals surface area contributed by atoms with Gasteiger partial charge in [0.05, 0.1) is 132 Å². The van der Waals surface area contributed by atoms with Gasteiger partial charge in [-0.05, 0) is 102 Å². The highest BCUT2D eigenvalue weighted by Crippen LogP contribution is 2.31. The average Bonchev–Trinajstić information content (AvgIpc) is 4.14. The number of amides is 1. The van der Waals surface area contributed by atoms with Crippen molar-refractivity contribution in [3.63, 3.8) is 0 Å². The number of hydrogen-bond acceptors (Lipinski definition) is 22. The van der Waals surface area contributed by atoms with Crippen LogP contribution in [0.2, 0.25) is 0 Å². The van der Waals surface area contributed by atoms with Gasteiger partial charge < -0.3 is 73.1 Å². The van der Waals surface area contributed by atoms with Crippen LogP contribution in [0.15, 0.2) is 103 Å². The van der Waals surface area contributed by atoms with E-state index in [4.69, 9.17) is 47.4 Å². The number of benzene rings is 4. The fourth-order valence-corrected chi connectivity index (χ4v) is 7.73. The molecule has 1 aromatic heterocycles. The number of carbonyl (C=O) groups is 6. The van der Waals surface area contributed by atoms with Gasteiger partial charge in [0.2, 0.25) is 5.91 Å². The van der Waals surface area contributed by atoms with E-state index in [1.807, 2.05) is 0 Å². The molecule has 0 unspecified atom stereocenters. The summed E-state index contributed by atoms with van der Waals surface area (Å²) in [6, 6.07) is 18.9. The molecule has 0 atom stereocenters. The quantitative estimate of drug-likeness (QED) is 0.0101. The first kappa shape index (κ1) is 70.0. The van der Waals surface area contributed by atoms with Crippen LogP contribution in [0.3, 0.4) is 0 Å². The molecule has 0 fully saturated rings. The molecule has 0 saturated carbocycles. The van der Waals surface area contributed by atoms with Crippen LogP contribution < -0.4 is 24.3 Å². The van der Waals surface area contributed by atoms with E-state index in [-0.39, 0.29) is 93.2 Å². The average molecular weight is 1220 g/mol. The van der Waals surface area contributed by atoms with E-state index in [0.29, 0.717) is 136 Å². The van der Waals surface area contributed by atoms with E-state index in [2.05, 4.69) is 15.6 Å². The summed E-state index contributed by atoms with van der Waals surface area (Å²) < 4.78 is 57.2. The molecule has 1 heterocycles. The van der Waals surface area contributed by atoms with Crippen molar-refractivity contribution < 1.29 is 96.6 Å². The first-order chi connectivity index (χ1) is 42.7. The van der Waals surface area contributed by atoms with Crippen molar-refractivity contribution in [1.29, 1.82) is 0 Å². The second-order valence-corrected chi connectivity index (χ2v) is 19.1. The van der Waals surface area contributed by atoms with Gasteiger partial charge in [-0.1, -0.05) is 53.8 Å². The molecule has 5 N–H and O–H groups in total. The van der Waals surface area contributed by atoms with Crippen LogP contribution in [0.5, 0.6) is 34.5 Å². The van der Waals surface area contributed by atoms with Crippen molar-refractivity contribution in [2.75, 3.05) is 100 Å². The Labute approximate surface area is 509 Å². The van der Waals surface area contributed by atoms with Gasteiger partial charge in [-0.2, -0.15) is 0 Å². The van der Waals surface area contributed by atoms with Crippen LogP contribution >= 0.6 is 0 Å². The van der Waals surface area contributed by atoms with Gasteiger partial charge in [-0.15, -0.1) is 5.10 Å². The summed E-state index contributed by atoms with van der Waals surface area (Å²) in [5, 5.41) is 49.0. The maximum absolute atomic E-state index is 12.5. The lowest BCUT2D eigenvalue weighted by molar-refractivity contribution is -0.135. The number of carbonyl (C=O) groups excluding carboxylic acids is 6. The van der Waals surface area contributed by atoms with Crippen LogP contribution in [0.25, 0.3) is 24.3 Å². The predicted molar refractivity (Wildman–Crippen MR) is 321 cm³/mol. The summed E-state index contributed by atoms with van der Waals surface area (Å²) in [5.74, 6) is -1.22. The highest BCUT2D eigenvalue weighted by molar-refractivity contribution is 6.11. The van der Waals surface area contributed by atoms with Crippen LogP contribution in [0.1, 0.15) is 71.2 Å². The first-order valence-electron chi connectivity index (χ1n) is 28.3. The molecule has 24 nitrogen and oxygen atoms in total. The minimum atomic E-state index is -0.554. The van der Waals surface area contributed by atoms with Crippen molar-refractivity contribution in [2.24, 2.45) is 0 Å². The van der Waals surface area contributed by atoms with Gasteiger partial charge in [0, 0.05) is 30.5 Å². The monoisotopic (exact) mass is 1220 g/mol. The van der Waals surface area contributed by atoms with Gasteiger partial charge in [0.25, 0.3) is 0 Å². The van der Waals surface area contributed by atoms with Crippen molar-refractivity contribution >= 4 is 59.3 Å². The third-order valence-corrected chi connectivity index (χ3v) is 12.3. The Kier molecular flexibility index (Phi) is 32.3. The highest BCUT2D eigenvalue weighted by atomic mass is 16.6. The number of ketones is 4. The molecule has 4 aromatic carbocycles. The lowest BCUT2D eigenvalue weighted by Crippen LogP contribution is -2.27. The molecular weight excluding hydrogens is 1140 g/mol. The molecule has 5 rings (SSSR count). The molecule has 5 aromatic rings. The fraction of sp³-hybridized carbons (Fsp3) is 0.375. The van der Waals surface area contributed by atoms with Crippen LogP contribution in [-0.4, -0.2) is 170 Å². The summed E-state index contributed by atoms with van der Waals surface area (Å²) in [7, 11) is 2.90. The Morgan fingerprint density at radius 1 is 0.511 bits per heavy atom. The van der Waals surface area contributed by atoms with E-state index in [1.54, 1.807) is 65.5 Å². The number of esters is 1. The number of methoxy groups -OCH3 is 2. The molecule has 0 aliphatic rings. The van der Waals surface area contributed by atoms with E-state index >= 15 is 0 Å². The van der Waals surface area contributed by atoms with Gasteiger partial charge in [-0.3, -0.25) is 28.8 Å². The second kappa shape index (κ2) is 40.6. The number of allylic oxidation sites excluding steroid dienone is 4. The summed E-state index contributed by atoms with van der Waals surface area (Å²) >= 11 is 0. The van der Waals surface area contributed by atoms with Crippen molar-refractivity contribution in [1.82, 2.24) is 20.3 Å². The molecule has 0 spiro atoms. The maximum Gasteiger partial charge on any atom is 0.311 e. The van der Waals surface area contributed by atoms with Crippen molar-refractivity contribution in [3.8, 4) is 34.5 Å². The number of aromatic nitrogens is 3. The van der Waals surface area contributed by atoms with Gasteiger partial charge in [0.15, 0.2) is 46.1 Å². The minimum absolute atomic E-state index is 0.0120. The Hall–Kier alpha value is -8.72. The highest BCUT2D eigenvalue weighted by Gasteiger charge is 2.14. The van der Waals surface area contributed by atoms with Crippen LogP contribution in [0.4, 0.5) is 0 Å². The first-order valence-corrected chi connectivity index (χ1v) is 28.3. The molecular formula is C64H76N4O20. The number of aliphatic hydroxyl groups excluding tert-OH is 2. The fourth-order valence-electron chi connectivity index (χ4n) is 7.73. The van der Waals surface area contributed by atoms with E-state index in [0.717, 1.165) is 0 Å². The Morgan fingerprint density at radius 3 is 1.40 bits per heavy atom. The third kappa shape index (κ3) is 27.8. The summed E-state index contributed by atoms with van der Waals surface area (Å²) in [5.41, 5.74) is 3.65. The standard InChI is InChI=1S/C64H76N4O20/c1-79-61-38-48(8-16-55(73)40-53(71)14-6-46-10-18-57(75)50(36-46)43-69)12-20-59(61)87-45-52-42-68(67-66-52)23-25-82-27-29-84-31-33-86-35-34-85-32-30-83-28-26-81-24-22-65-63(77)4-3-5-64(78)88-60-21-13-49(39-62(60)80-2)9-17-56(74)41-54(72)15-7-47-11-19-58(76)51(37-47)44-70/h6-21,36-39,42,69-70,75-76H,3-5,22-35,40-41,43-45H2,1-2H3,(H,65,77). The van der Waals surface area contributed by atoms with Gasteiger partial charge in [0.1, 0.15) is 23.8 Å².